The van der Waals surface area contributed by atoms with Gasteiger partial charge in [-0.15, -0.1) is 0 Å². The zero-order valence-corrected chi connectivity index (χ0v) is 11.6. The van der Waals surface area contributed by atoms with Gasteiger partial charge in [-0.2, -0.15) is 0 Å². The van der Waals surface area contributed by atoms with Gasteiger partial charge in [0.05, 0.1) is 5.56 Å². The molecule has 0 radical (unpaired) electrons. The van der Waals surface area contributed by atoms with Gasteiger partial charge in [0, 0.05) is 10.5 Å². The molecule has 0 aliphatic carbocycles. The minimum absolute atomic E-state index is 0.167. The van der Waals surface area contributed by atoms with E-state index in [9.17, 15) is 8.78 Å². The van der Waals surface area contributed by atoms with Crippen molar-refractivity contribution in [1.82, 2.24) is 0 Å². The fourth-order valence-corrected chi connectivity index (χ4v) is 2.12. The first-order chi connectivity index (χ1) is 9.52. The molecule has 7 heteroatoms. The lowest BCUT2D eigenvalue weighted by Gasteiger charge is -2.12. The lowest BCUT2D eigenvalue weighted by Crippen LogP contribution is -2.15. The lowest BCUT2D eigenvalue weighted by molar-refractivity contribution is 0.318. The minimum atomic E-state index is -0.851. The molecule has 2 rings (SSSR count). The zero-order valence-electron chi connectivity index (χ0n) is 9.98. The molecule has 0 saturated heterocycles. The maximum atomic E-state index is 13.6. The SMILES string of the molecule is N/C(=N/O)c1c(Br)cccc1Oc1ccc(F)cc1F. The van der Waals surface area contributed by atoms with E-state index in [-0.39, 0.29) is 22.9 Å². The number of nitrogens with zero attached hydrogens (tertiary/aromatic N) is 1. The highest BCUT2D eigenvalue weighted by Gasteiger charge is 2.15. The second-order valence-electron chi connectivity index (χ2n) is 3.78. The summed E-state index contributed by atoms with van der Waals surface area (Å²) in [5, 5.41) is 11.6. The van der Waals surface area contributed by atoms with Gasteiger partial charge in [0.25, 0.3) is 0 Å². The summed E-state index contributed by atoms with van der Waals surface area (Å²) in [6, 6.07) is 7.73. The summed E-state index contributed by atoms with van der Waals surface area (Å²) >= 11 is 3.23. The smallest absolute Gasteiger partial charge is 0.175 e. The van der Waals surface area contributed by atoms with Crippen LogP contribution in [0, 0.1) is 11.6 Å². The number of hydrogen-bond acceptors (Lipinski definition) is 3. The topological polar surface area (TPSA) is 67.8 Å². The van der Waals surface area contributed by atoms with E-state index in [4.69, 9.17) is 15.7 Å². The summed E-state index contributed by atoms with van der Waals surface area (Å²) in [6.45, 7) is 0. The number of rotatable bonds is 3. The first-order valence-electron chi connectivity index (χ1n) is 5.42. The van der Waals surface area contributed by atoms with Crippen LogP contribution in [0.3, 0.4) is 0 Å². The molecular weight excluding hydrogens is 334 g/mol. The molecule has 0 aromatic heterocycles. The summed E-state index contributed by atoms with van der Waals surface area (Å²) in [5.41, 5.74) is 5.81. The lowest BCUT2D eigenvalue weighted by atomic mass is 10.2. The van der Waals surface area contributed by atoms with Gasteiger partial charge < -0.3 is 15.7 Å². The highest BCUT2D eigenvalue weighted by molar-refractivity contribution is 9.10. The number of hydrogen-bond donors (Lipinski definition) is 2. The van der Waals surface area contributed by atoms with Crippen LogP contribution < -0.4 is 10.5 Å². The highest BCUT2D eigenvalue weighted by Crippen LogP contribution is 2.31. The number of benzene rings is 2. The highest BCUT2D eigenvalue weighted by atomic mass is 79.9. The van der Waals surface area contributed by atoms with Crippen molar-refractivity contribution in [2.75, 3.05) is 0 Å². The Kier molecular flexibility index (Phi) is 4.19. The molecule has 2 aromatic carbocycles. The molecule has 2 aromatic rings. The first kappa shape index (κ1) is 14.3. The van der Waals surface area contributed by atoms with Crippen LogP contribution in [0.1, 0.15) is 5.56 Å². The zero-order chi connectivity index (χ0) is 14.7. The fraction of sp³-hybridized carbons (Fsp3) is 0. The monoisotopic (exact) mass is 342 g/mol. The van der Waals surface area contributed by atoms with Crippen molar-refractivity contribution >= 4 is 21.8 Å². The molecule has 0 fully saturated rings. The number of ether oxygens (including phenoxy) is 1. The van der Waals surface area contributed by atoms with Crippen molar-refractivity contribution in [3.63, 3.8) is 0 Å². The van der Waals surface area contributed by atoms with Gasteiger partial charge in [0.1, 0.15) is 11.6 Å². The molecule has 3 N–H and O–H groups in total. The normalized spacial score (nSPS) is 11.4. The van der Waals surface area contributed by atoms with Crippen LogP contribution in [0.2, 0.25) is 0 Å². The Labute approximate surface area is 121 Å². The summed E-state index contributed by atoms with van der Waals surface area (Å²) in [7, 11) is 0. The van der Waals surface area contributed by atoms with Crippen molar-refractivity contribution < 1.29 is 18.7 Å². The van der Waals surface area contributed by atoms with E-state index in [0.717, 1.165) is 12.1 Å². The van der Waals surface area contributed by atoms with E-state index in [1.165, 1.54) is 6.07 Å². The van der Waals surface area contributed by atoms with Crippen molar-refractivity contribution in [3.05, 3.63) is 58.1 Å². The number of oxime groups is 1. The van der Waals surface area contributed by atoms with E-state index < -0.39 is 11.6 Å². The molecule has 20 heavy (non-hydrogen) atoms. The number of amidine groups is 1. The maximum Gasteiger partial charge on any atom is 0.175 e. The Morgan fingerprint density at radius 2 is 1.95 bits per heavy atom. The molecule has 0 aliphatic rings. The standard InChI is InChI=1S/C13H9BrF2N2O2/c14-8-2-1-3-11(12(8)13(17)18-19)20-10-5-4-7(15)6-9(10)16/h1-6,19H,(H2,17,18). The van der Waals surface area contributed by atoms with Crippen LogP contribution >= 0.6 is 15.9 Å². The third kappa shape index (κ3) is 2.88. The predicted molar refractivity (Wildman–Crippen MR) is 73.1 cm³/mol. The maximum absolute atomic E-state index is 13.6. The number of halogens is 3. The second kappa shape index (κ2) is 5.87. The van der Waals surface area contributed by atoms with E-state index in [1.54, 1.807) is 12.1 Å². The largest absolute Gasteiger partial charge is 0.453 e. The van der Waals surface area contributed by atoms with E-state index in [0.29, 0.717) is 10.5 Å². The van der Waals surface area contributed by atoms with Gasteiger partial charge >= 0.3 is 0 Å². The second-order valence-corrected chi connectivity index (χ2v) is 4.63. The molecule has 104 valence electrons. The quantitative estimate of drug-likeness (QED) is 0.387. The summed E-state index contributed by atoms with van der Waals surface area (Å²) < 4.78 is 32.3. The van der Waals surface area contributed by atoms with Gasteiger partial charge in [-0.1, -0.05) is 11.2 Å². The Morgan fingerprint density at radius 1 is 1.20 bits per heavy atom. The van der Waals surface area contributed by atoms with Crippen LogP contribution in [0.15, 0.2) is 46.0 Å². The van der Waals surface area contributed by atoms with Crippen LogP contribution in [-0.2, 0) is 0 Å². The molecule has 0 aliphatic heterocycles. The molecule has 0 spiro atoms. The van der Waals surface area contributed by atoms with Gasteiger partial charge in [-0.3, -0.25) is 0 Å². The summed E-state index contributed by atoms with van der Waals surface area (Å²) in [6.07, 6.45) is 0. The Hall–Kier alpha value is -2.15. The van der Waals surface area contributed by atoms with E-state index in [1.807, 2.05) is 0 Å². The van der Waals surface area contributed by atoms with Crippen molar-refractivity contribution in [3.8, 4) is 11.5 Å². The van der Waals surface area contributed by atoms with E-state index in [2.05, 4.69) is 21.1 Å². The first-order valence-corrected chi connectivity index (χ1v) is 6.21. The van der Waals surface area contributed by atoms with Gasteiger partial charge in [-0.25, -0.2) is 8.78 Å². The molecule has 0 bridgehead atoms. The van der Waals surface area contributed by atoms with Crippen molar-refractivity contribution in [2.24, 2.45) is 10.9 Å². The molecule has 4 nitrogen and oxygen atoms in total. The molecule has 0 unspecified atom stereocenters. The Balaban J connectivity index is 2.46. The molecule has 0 heterocycles. The van der Waals surface area contributed by atoms with Crippen LogP contribution in [0.5, 0.6) is 11.5 Å². The molecule has 0 atom stereocenters. The van der Waals surface area contributed by atoms with Crippen LogP contribution in [0.25, 0.3) is 0 Å². The van der Waals surface area contributed by atoms with Crippen molar-refractivity contribution in [1.29, 1.82) is 0 Å². The van der Waals surface area contributed by atoms with Crippen LogP contribution in [0.4, 0.5) is 8.78 Å². The summed E-state index contributed by atoms with van der Waals surface area (Å²) in [5.74, 6) is -1.76. The third-order valence-corrected chi connectivity index (χ3v) is 3.11. The third-order valence-electron chi connectivity index (χ3n) is 2.45. The minimum Gasteiger partial charge on any atom is -0.453 e. The molecule has 0 saturated carbocycles. The fourth-order valence-electron chi connectivity index (χ4n) is 1.56. The average molecular weight is 343 g/mol. The van der Waals surface area contributed by atoms with Gasteiger partial charge in [0.2, 0.25) is 0 Å². The van der Waals surface area contributed by atoms with E-state index >= 15 is 0 Å². The van der Waals surface area contributed by atoms with Crippen molar-refractivity contribution in [2.45, 2.75) is 0 Å². The Morgan fingerprint density at radius 3 is 2.60 bits per heavy atom. The molecule has 0 amide bonds. The average Bonchev–Trinajstić information content (AvgIpc) is 2.41. The molecular formula is C13H9BrF2N2O2. The Bertz CT molecular complexity index is 677. The number of nitrogens with two attached hydrogens (primary N) is 1. The van der Waals surface area contributed by atoms with Gasteiger partial charge in [0.15, 0.2) is 17.4 Å². The predicted octanol–water partition coefficient (Wildman–Crippen LogP) is 3.61. The van der Waals surface area contributed by atoms with Crippen LogP contribution in [-0.4, -0.2) is 11.0 Å². The summed E-state index contributed by atoms with van der Waals surface area (Å²) in [4.78, 5) is 0. The van der Waals surface area contributed by atoms with Gasteiger partial charge in [-0.05, 0) is 40.2 Å².